The van der Waals surface area contributed by atoms with Crippen LogP contribution < -0.4 is 19.6 Å². The van der Waals surface area contributed by atoms with Crippen LogP contribution in [-0.4, -0.2) is 25.8 Å². The average Bonchev–Trinajstić information content (AvgIpc) is 2.80. The number of carbonyl (C=O) groups is 1. The predicted octanol–water partition coefficient (Wildman–Crippen LogP) is 6.28. The van der Waals surface area contributed by atoms with Gasteiger partial charge in [-0.25, -0.2) is 5.43 Å². The lowest BCUT2D eigenvalue weighted by Crippen LogP contribution is -2.19. The van der Waals surface area contributed by atoms with E-state index >= 15 is 0 Å². The summed E-state index contributed by atoms with van der Waals surface area (Å²) in [5.41, 5.74) is 4.99. The van der Waals surface area contributed by atoms with E-state index in [1.54, 1.807) is 25.5 Å². The Hall–Kier alpha value is -2.49. The Bertz CT molecular complexity index is 1170. The van der Waals surface area contributed by atoms with Gasteiger partial charge in [-0.3, -0.25) is 4.79 Å². The van der Waals surface area contributed by atoms with E-state index in [9.17, 15) is 4.79 Å². The van der Waals surface area contributed by atoms with Crippen LogP contribution in [0.5, 0.6) is 17.2 Å². The summed E-state index contributed by atoms with van der Waals surface area (Å²) in [7, 11) is 1.60. The highest BCUT2D eigenvalue weighted by molar-refractivity contribution is 14.1. The quantitative estimate of drug-likeness (QED) is 0.166. The van der Waals surface area contributed by atoms with Crippen LogP contribution in [0.1, 0.15) is 23.6 Å². The molecule has 0 atom stereocenters. The zero-order valence-corrected chi connectivity index (χ0v) is 22.3. The molecule has 0 saturated carbocycles. The first-order valence-corrected chi connectivity index (χ1v) is 12.2. The number of hydrazone groups is 1. The first kappa shape index (κ1) is 26.1. The van der Waals surface area contributed by atoms with Gasteiger partial charge in [0.15, 0.2) is 11.5 Å². The molecule has 0 heterocycles. The van der Waals surface area contributed by atoms with Gasteiger partial charge >= 0.3 is 0 Å². The minimum Gasteiger partial charge on any atom is -0.497 e. The molecule has 0 radical (unpaired) electrons. The zero-order chi connectivity index (χ0) is 24.5. The molecule has 0 aromatic heterocycles. The maximum atomic E-state index is 12.2. The standard InChI is InChI=1S/C25H23Cl2IN2O4/c1-3-33-23-11-17(14-29-30-24(31)12-16-4-8-20(32-2)9-5-16)10-22(28)25(23)34-15-18-6-7-19(26)13-21(18)27/h4-11,13-14H,3,12,15H2,1-2H3,(H,30,31)/b29-14-. The predicted molar refractivity (Wildman–Crippen MR) is 144 cm³/mol. The third-order valence-corrected chi connectivity index (χ3v) is 6.03. The Morgan fingerprint density at radius 1 is 1.09 bits per heavy atom. The molecule has 0 aliphatic rings. The van der Waals surface area contributed by atoms with E-state index in [0.29, 0.717) is 28.2 Å². The van der Waals surface area contributed by atoms with Crippen LogP contribution in [0, 0.1) is 3.57 Å². The molecule has 3 aromatic rings. The number of methoxy groups -OCH3 is 1. The molecule has 3 aromatic carbocycles. The largest absolute Gasteiger partial charge is 0.497 e. The Labute approximate surface area is 222 Å². The van der Waals surface area contributed by atoms with Crippen LogP contribution in [-0.2, 0) is 17.8 Å². The molecule has 0 bridgehead atoms. The fraction of sp³-hybridized carbons (Fsp3) is 0.200. The Morgan fingerprint density at radius 2 is 1.85 bits per heavy atom. The van der Waals surface area contributed by atoms with Crippen molar-refractivity contribution in [3.8, 4) is 17.2 Å². The number of ether oxygens (including phenoxy) is 3. The summed E-state index contributed by atoms with van der Waals surface area (Å²) in [6.45, 7) is 2.63. The van der Waals surface area contributed by atoms with Crippen LogP contribution in [0.4, 0.5) is 0 Å². The first-order chi connectivity index (χ1) is 16.4. The van der Waals surface area contributed by atoms with E-state index < -0.39 is 0 Å². The third kappa shape index (κ3) is 7.51. The second-order valence-corrected chi connectivity index (χ2v) is 9.11. The van der Waals surface area contributed by atoms with Crippen LogP contribution in [0.2, 0.25) is 10.0 Å². The van der Waals surface area contributed by atoms with E-state index in [-0.39, 0.29) is 18.9 Å². The molecule has 0 unspecified atom stereocenters. The van der Waals surface area contributed by atoms with E-state index in [1.807, 2.05) is 49.4 Å². The van der Waals surface area contributed by atoms with Crippen molar-refractivity contribution in [3.63, 3.8) is 0 Å². The molecule has 34 heavy (non-hydrogen) atoms. The normalized spacial score (nSPS) is 10.9. The van der Waals surface area contributed by atoms with Gasteiger partial charge in [-0.05, 0) is 77.0 Å². The number of hydrogen-bond acceptors (Lipinski definition) is 5. The summed E-state index contributed by atoms with van der Waals surface area (Å²) in [4.78, 5) is 12.2. The molecule has 6 nitrogen and oxygen atoms in total. The smallest absolute Gasteiger partial charge is 0.244 e. The van der Waals surface area contributed by atoms with Crippen molar-refractivity contribution < 1.29 is 19.0 Å². The van der Waals surface area contributed by atoms with Gasteiger partial charge in [-0.15, -0.1) is 0 Å². The lowest BCUT2D eigenvalue weighted by atomic mass is 10.1. The van der Waals surface area contributed by atoms with Crippen molar-refractivity contribution in [2.24, 2.45) is 5.10 Å². The van der Waals surface area contributed by atoms with Gasteiger partial charge in [0.05, 0.1) is 29.9 Å². The molecule has 178 valence electrons. The number of hydrogen-bond donors (Lipinski definition) is 1. The molecule has 9 heteroatoms. The molecule has 3 rings (SSSR count). The SMILES string of the molecule is CCOc1cc(/C=N\NC(=O)Cc2ccc(OC)cc2)cc(I)c1OCc1ccc(Cl)cc1Cl. The minimum atomic E-state index is -0.221. The highest BCUT2D eigenvalue weighted by Crippen LogP contribution is 2.35. The summed E-state index contributed by atoms with van der Waals surface area (Å²) < 4.78 is 17.8. The van der Waals surface area contributed by atoms with Crippen molar-refractivity contribution in [3.05, 3.63) is 84.9 Å². The van der Waals surface area contributed by atoms with Gasteiger partial charge in [-0.2, -0.15) is 5.10 Å². The van der Waals surface area contributed by atoms with Crippen LogP contribution in [0.25, 0.3) is 0 Å². The number of rotatable bonds is 10. The maximum absolute atomic E-state index is 12.2. The number of benzene rings is 3. The molecule has 0 aliphatic carbocycles. The molecular weight excluding hydrogens is 590 g/mol. The minimum absolute atomic E-state index is 0.211. The molecule has 0 saturated heterocycles. The Kier molecular flexibility index (Phi) is 9.86. The second-order valence-electron chi connectivity index (χ2n) is 7.11. The monoisotopic (exact) mass is 612 g/mol. The fourth-order valence-corrected chi connectivity index (χ4v) is 4.25. The van der Waals surface area contributed by atoms with E-state index in [2.05, 4.69) is 33.1 Å². The van der Waals surface area contributed by atoms with Gasteiger partial charge < -0.3 is 14.2 Å². The summed E-state index contributed by atoms with van der Waals surface area (Å²) in [5.74, 6) is 1.70. The van der Waals surface area contributed by atoms with Gasteiger partial charge in [-0.1, -0.05) is 41.4 Å². The molecule has 0 spiro atoms. The van der Waals surface area contributed by atoms with Crippen LogP contribution >= 0.6 is 45.8 Å². The van der Waals surface area contributed by atoms with E-state index in [0.717, 1.165) is 26.0 Å². The van der Waals surface area contributed by atoms with Crippen molar-refractivity contribution in [1.29, 1.82) is 0 Å². The highest BCUT2D eigenvalue weighted by atomic mass is 127. The lowest BCUT2D eigenvalue weighted by Gasteiger charge is -2.15. The van der Waals surface area contributed by atoms with Crippen LogP contribution in [0.3, 0.4) is 0 Å². The topological polar surface area (TPSA) is 69.2 Å². The summed E-state index contributed by atoms with van der Waals surface area (Å²) >= 11 is 14.4. The average molecular weight is 613 g/mol. The summed E-state index contributed by atoms with van der Waals surface area (Å²) in [5, 5.41) is 5.18. The van der Waals surface area contributed by atoms with Gasteiger partial charge in [0, 0.05) is 15.6 Å². The van der Waals surface area contributed by atoms with Crippen molar-refractivity contribution >= 4 is 57.9 Å². The number of amides is 1. The third-order valence-electron chi connectivity index (χ3n) is 4.65. The molecular formula is C25H23Cl2IN2O4. The summed E-state index contributed by atoms with van der Waals surface area (Å²) in [6, 6.07) is 16.3. The van der Waals surface area contributed by atoms with Crippen molar-refractivity contribution in [2.75, 3.05) is 13.7 Å². The first-order valence-electron chi connectivity index (χ1n) is 10.4. The number of halogens is 3. The lowest BCUT2D eigenvalue weighted by molar-refractivity contribution is -0.120. The van der Waals surface area contributed by atoms with Crippen LogP contribution in [0.15, 0.2) is 59.7 Å². The fourth-order valence-electron chi connectivity index (χ4n) is 3.00. The Morgan fingerprint density at radius 3 is 2.53 bits per heavy atom. The van der Waals surface area contributed by atoms with E-state index in [4.69, 9.17) is 37.4 Å². The highest BCUT2D eigenvalue weighted by Gasteiger charge is 2.13. The Balaban J connectivity index is 1.66. The number of nitrogens with zero attached hydrogens (tertiary/aromatic N) is 1. The number of carbonyl (C=O) groups excluding carboxylic acids is 1. The summed E-state index contributed by atoms with van der Waals surface area (Å²) in [6.07, 6.45) is 1.78. The molecule has 0 fully saturated rings. The van der Waals surface area contributed by atoms with Gasteiger partial charge in [0.2, 0.25) is 5.91 Å². The number of nitrogens with one attached hydrogen (secondary N) is 1. The van der Waals surface area contributed by atoms with Gasteiger partial charge in [0.25, 0.3) is 0 Å². The van der Waals surface area contributed by atoms with Crippen molar-refractivity contribution in [2.45, 2.75) is 20.0 Å². The van der Waals surface area contributed by atoms with Crippen molar-refractivity contribution in [1.82, 2.24) is 5.43 Å². The molecule has 1 N–H and O–H groups in total. The second kappa shape index (κ2) is 12.8. The molecule has 0 aliphatic heterocycles. The van der Waals surface area contributed by atoms with E-state index in [1.165, 1.54) is 0 Å². The van der Waals surface area contributed by atoms with Gasteiger partial charge in [0.1, 0.15) is 12.4 Å². The molecule has 1 amide bonds. The maximum Gasteiger partial charge on any atom is 0.244 e. The zero-order valence-electron chi connectivity index (χ0n) is 18.6.